The number of nitrogens with one attached hydrogen (secondary N) is 2. The lowest BCUT2D eigenvalue weighted by atomic mass is 9.75. The summed E-state index contributed by atoms with van der Waals surface area (Å²) in [5, 5.41) is 16.8. The Labute approximate surface area is 212 Å². The van der Waals surface area contributed by atoms with E-state index in [4.69, 9.17) is 11.6 Å². The Morgan fingerprint density at radius 1 is 0.971 bits per heavy atom. The van der Waals surface area contributed by atoms with Crippen molar-refractivity contribution in [3.8, 4) is 23.0 Å². The van der Waals surface area contributed by atoms with Crippen LogP contribution in [0, 0.1) is 32.6 Å². The van der Waals surface area contributed by atoms with Gasteiger partial charge in [0.15, 0.2) is 0 Å². The number of benzene rings is 3. The number of hydrogen-bond acceptors (Lipinski definition) is 2. The number of H-pyrrole nitrogens is 1. The van der Waals surface area contributed by atoms with Crippen molar-refractivity contribution in [1.82, 2.24) is 4.98 Å². The molecule has 0 spiro atoms. The number of aromatic nitrogens is 1. The second kappa shape index (κ2) is 8.48. The minimum Gasteiger partial charge on any atom is -0.390 e. The van der Waals surface area contributed by atoms with Crippen molar-refractivity contribution in [2.24, 2.45) is 0 Å². The molecule has 3 nitrogen and oxygen atoms in total. The molecule has 0 saturated heterocycles. The molecule has 4 heteroatoms. The lowest BCUT2D eigenvalue weighted by Crippen LogP contribution is -2.50. The topological polar surface area (TPSA) is 48.0 Å². The van der Waals surface area contributed by atoms with E-state index >= 15 is 0 Å². The zero-order valence-corrected chi connectivity index (χ0v) is 21.9. The van der Waals surface area contributed by atoms with E-state index in [-0.39, 0.29) is 5.92 Å². The highest BCUT2D eigenvalue weighted by atomic mass is 35.5. The molecule has 0 aliphatic carbocycles. The lowest BCUT2D eigenvalue weighted by Gasteiger charge is -2.43. The summed E-state index contributed by atoms with van der Waals surface area (Å²) < 4.78 is 0. The third-order valence-corrected chi connectivity index (χ3v) is 7.89. The molecular weight excluding hydrogens is 452 g/mol. The summed E-state index contributed by atoms with van der Waals surface area (Å²) in [6.07, 6.45) is 1.50. The summed E-state index contributed by atoms with van der Waals surface area (Å²) in [6.45, 7) is 12.4. The van der Waals surface area contributed by atoms with Crippen LogP contribution in [-0.4, -0.2) is 21.7 Å². The molecule has 0 amide bonds. The van der Waals surface area contributed by atoms with E-state index in [1.807, 2.05) is 39.0 Å². The molecule has 1 aliphatic heterocycles. The Morgan fingerprint density at radius 3 is 2.49 bits per heavy atom. The van der Waals surface area contributed by atoms with Crippen LogP contribution in [0.2, 0.25) is 5.02 Å². The molecule has 2 heterocycles. The molecule has 5 rings (SSSR count). The molecular formula is C31H31ClN2O. The molecule has 178 valence electrons. The van der Waals surface area contributed by atoms with Gasteiger partial charge in [-0.25, -0.2) is 0 Å². The molecule has 0 bridgehead atoms. The van der Waals surface area contributed by atoms with E-state index in [0.717, 1.165) is 50.1 Å². The van der Waals surface area contributed by atoms with Crippen molar-refractivity contribution in [1.29, 1.82) is 0 Å². The van der Waals surface area contributed by atoms with Gasteiger partial charge >= 0.3 is 0 Å². The first kappa shape index (κ1) is 23.5. The molecule has 0 saturated carbocycles. The molecule has 1 aromatic heterocycles. The second-order valence-corrected chi connectivity index (χ2v) is 10.8. The first-order valence-electron chi connectivity index (χ1n) is 12.1. The van der Waals surface area contributed by atoms with Crippen molar-refractivity contribution >= 4 is 28.2 Å². The summed E-state index contributed by atoms with van der Waals surface area (Å²) in [5.74, 6) is 6.84. The Hall–Kier alpha value is -3.19. The van der Waals surface area contributed by atoms with E-state index in [1.54, 1.807) is 0 Å². The van der Waals surface area contributed by atoms with Gasteiger partial charge in [0, 0.05) is 50.5 Å². The standard InChI is InChI=1S/C31H31ClN2O/c1-17-15-25(24-11-8-10-22-18(2)16-33-29(22)24)23(14-13-21-9-7-12-26(32)19(21)3)27-20(4)30(35)31(5,6)34-28(17)27/h7-12,15-16,20,30,33-35H,1-6H3. The first-order chi connectivity index (χ1) is 16.6. The zero-order valence-electron chi connectivity index (χ0n) is 21.1. The van der Waals surface area contributed by atoms with Crippen LogP contribution in [0.4, 0.5) is 5.69 Å². The molecule has 1 aliphatic rings. The third-order valence-electron chi connectivity index (χ3n) is 7.48. The van der Waals surface area contributed by atoms with E-state index in [0.29, 0.717) is 5.02 Å². The van der Waals surface area contributed by atoms with Crippen LogP contribution < -0.4 is 5.32 Å². The fraction of sp³-hybridized carbons (Fsp3) is 0.290. The van der Waals surface area contributed by atoms with E-state index in [9.17, 15) is 5.11 Å². The van der Waals surface area contributed by atoms with Gasteiger partial charge in [-0.2, -0.15) is 0 Å². The maximum atomic E-state index is 11.2. The number of fused-ring (bicyclic) bond motifs is 2. The molecule has 35 heavy (non-hydrogen) atoms. The smallest absolute Gasteiger partial charge is 0.0831 e. The summed E-state index contributed by atoms with van der Waals surface area (Å²) in [4.78, 5) is 3.47. The van der Waals surface area contributed by atoms with Gasteiger partial charge in [-0.15, -0.1) is 0 Å². The van der Waals surface area contributed by atoms with E-state index < -0.39 is 11.6 Å². The van der Waals surface area contributed by atoms with Gasteiger partial charge in [-0.05, 0) is 75.1 Å². The maximum Gasteiger partial charge on any atom is 0.0831 e. The molecule has 2 unspecified atom stereocenters. The highest BCUT2D eigenvalue weighted by Crippen LogP contribution is 2.46. The predicted molar refractivity (Wildman–Crippen MR) is 148 cm³/mol. The van der Waals surface area contributed by atoms with Crippen molar-refractivity contribution in [2.45, 2.75) is 59.1 Å². The molecule has 2 atom stereocenters. The monoisotopic (exact) mass is 482 g/mol. The van der Waals surface area contributed by atoms with Crippen molar-refractivity contribution in [3.63, 3.8) is 0 Å². The fourth-order valence-corrected chi connectivity index (χ4v) is 5.56. The Bertz CT molecular complexity index is 1530. The number of hydrogen-bond donors (Lipinski definition) is 3. The molecule has 3 aromatic carbocycles. The van der Waals surface area contributed by atoms with Gasteiger partial charge in [0.2, 0.25) is 0 Å². The van der Waals surface area contributed by atoms with E-state index in [1.165, 1.54) is 10.9 Å². The van der Waals surface area contributed by atoms with Gasteiger partial charge in [-0.1, -0.05) is 54.6 Å². The van der Waals surface area contributed by atoms with Crippen LogP contribution >= 0.6 is 11.6 Å². The molecule has 0 fully saturated rings. The van der Waals surface area contributed by atoms with Gasteiger partial charge in [-0.3, -0.25) is 0 Å². The Kier molecular flexibility index (Phi) is 5.71. The third kappa shape index (κ3) is 3.82. The fourth-order valence-electron chi connectivity index (χ4n) is 5.38. The summed E-state index contributed by atoms with van der Waals surface area (Å²) in [6, 6.07) is 14.5. The second-order valence-electron chi connectivity index (χ2n) is 10.3. The number of aryl methyl sites for hydroxylation is 2. The Balaban J connectivity index is 1.84. The zero-order chi connectivity index (χ0) is 25.1. The van der Waals surface area contributed by atoms with Crippen molar-refractivity contribution < 1.29 is 5.11 Å². The van der Waals surface area contributed by atoms with Crippen LogP contribution in [-0.2, 0) is 0 Å². The summed E-state index contributed by atoms with van der Waals surface area (Å²) in [7, 11) is 0. The first-order valence-corrected chi connectivity index (χ1v) is 12.5. The van der Waals surface area contributed by atoms with Gasteiger partial charge in [0.1, 0.15) is 0 Å². The van der Waals surface area contributed by atoms with Crippen LogP contribution in [0.5, 0.6) is 0 Å². The highest BCUT2D eigenvalue weighted by Gasteiger charge is 2.40. The number of aromatic amines is 1. The average Bonchev–Trinajstić information content (AvgIpc) is 3.20. The SMILES string of the molecule is Cc1cc(-c2cccc3c(C)c[nH]c23)c(C#Cc2cccc(Cl)c2C)c2c1NC(C)(C)C(O)C2C. The predicted octanol–water partition coefficient (Wildman–Crippen LogP) is 7.48. The maximum absolute atomic E-state index is 11.2. The summed E-state index contributed by atoms with van der Waals surface area (Å²) in [5.41, 5.74) is 10.2. The van der Waals surface area contributed by atoms with E-state index in [2.05, 4.69) is 73.4 Å². The lowest BCUT2D eigenvalue weighted by molar-refractivity contribution is 0.0868. The molecule has 0 radical (unpaired) electrons. The molecule has 4 aromatic rings. The van der Waals surface area contributed by atoms with Gasteiger partial charge in [0.05, 0.1) is 17.2 Å². The number of aliphatic hydroxyl groups excluding tert-OH is 1. The highest BCUT2D eigenvalue weighted by molar-refractivity contribution is 6.31. The van der Waals surface area contributed by atoms with Crippen LogP contribution in [0.1, 0.15) is 60.1 Å². The van der Waals surface area contributed by atoms with Crippen molar-refractivity contribution in [2.75, 3.05) is 5.32 Å². The van der Waals surface area contributed by atoms with Crippen molar-refractivity contribution in [3.05, 3.63) is 87.1 Å². The number of rotatable bonds is 1. The summed E-state index contributed by atoms with van der Waals surface area (Å²) >= 11 is 6.39. The Morgan fingerprint density at radius 2 is 1.71 bits per heavy atom. The number of anilines is 1. The minimum absolute atomic E-state index is 0.0887. The number of para-hydroxylation sites is 1. The average molecular weight is 483 g/mol. The van der Waals surface area contributed by atoms with Crippen LogP contribution in [0.3, 0.4) is 0 Å². The van der Waals surface area contributed by atoms with Gasteiger partial charge in [0.25, 0.3) is 0 Å². The van der Waals surface area contributed by atoms with Crippen LogP contribution in [0.15, 0.2) is 48.7 Å². The number of halogens is 1. The van der Waals surface area contributed by atoms with Gasteiger partial charge < -0.3 is 15.4 Å². The minimum atomic E-state index is -0.554. The number of aliphatic hydroxyl groups is 1. The largest absolute Gasteiger partial charge is 0.390 e. The normalized spacial score (nSPS) is 18.5. The molecule has 3 N–H and O–H groups in total. The quantitative estimate of drug-likeness (QED) is 0.246. The van der Waals surface area contributed by atoms with Crippen LogP contribution in [0.25, 0.3) is 22.0 Å².